The van der Waals surface area contributed by atoms with Gasteiger partial charge in [-0.25, -0.2) is 4.98 Å². The van der Waals surface area contributed by atoms with Crippen LogP contribution in [0.5, 0.6) is 0 Å². The van der Waals surface area contributed by atoms with Gasteiger partial charge in [-0.05, 0) is 42.2 Å². The number of carbonyl (C=O) groups excluding carboxylic acids is 1. The molecule has 2 heterocycles. The summed E-state index contributed by atoms with van der Waals surface area (Å²) in [5.74, 6) is 0.863. The highest BCUT2D eigenvalue weighted by Crippen LogP contribution is 2.25. The Hall–Kier alpha value is -3.05. The minimum atomic E-state index is 0.106. The third-order valence-corrected chi connectivity index (χ3v) is 5.61. The van der Waals surface area contributed by atoms with Crippen LogP contribution < -0.4 is 10.6 Å². The maximum atomic E-state index is 12.5. The normalized spacial score (nSPS) is 14.4. The lowest BCUT2D eigenvalue weighted by Gasteiger charge is -2.20. The largest absolute Gasteiger partial charge is 0.310 e. The van der Waals surface area contributed by atoms with E-state index in [2.05, 4.69) is 50.9 Å². The fraction of sp³-hybridized carbons (Fsp3) is 0.320. The van der Waals surface area contributed by atoms with E-state index in [0.717, 1.165) is 50.0 Å². The summed E-state index contributed by atoms with van der Waals surface area (Å²) in [5, 5.41) is 6.45. The predicted molar refractivity (Wildman–Crippen MR) is 120 cm³/mol. The molecule has 1 aliphatic carbocycles. The summed E-state index contributed by atoms with van der Waals surface area (Å²) >= 11 is 0. The molecular weight excluding hydrogens is 372 g/mol. The molecule has 154 valence electrons. The Morgan fingerprint density at radius 3 is 2.47 bits per heavy atom. The van der Waals surface area contributed by atoms with Crippen molar-refractivity contribution in [1.29, 1.82) is 0 Å². The number of hydrogen-bond acceptors (Lipinski definition) is 4. The molecule has 3 aromatic rings. The summed E-state index contributed by atoms with van der Waals surface area (Å²) in [7, 11) is 0. The van der Waals surface area contributed by atoms with Crippen molar-refractivity contribution in [2.75, 3.05) is 5.32 Å². The summed E-state index contributed by atoms with van der Waals surface area (Å²) in [6.07, 6.45) is 9.18. The van der Waals surface area contributed by atoms with Crippen molar-refractivity contribution in [2.24, 2.45) is 5.92 Å². The van der Waals surface area contributed by atoms with Gasteiger partial charge in [-0.3, -0.25) is 9.78 Å². The zero-order chi connectivity index (χ0) is 20.6. The smallest absolute Gasteiger partial charge is 0.228 e. The number of aromatic nitrogens is 2. The first-order valence-electron chi connectivity index (χ1n) is 10.7. The molecule has 1 saturated carbocycles. The molecule has 5 heteroatoms. The number of amides is 1. The number of nitrogens with one attached hydrogen (secondary N) is 2. The van der Waals surface area contributed by atoms with Crippen LogP contribution >= 0.6 is 0 Å². The zero-order valence-corrected chi connectivity index (χ0v) is 17.2. The van der Waals surface area contributed by atoms with Gasteiger partial charge >= 0.3 is 0 Å². The number of nitrogens with zero attached hydrogens (tertiary/aromatic N) is 2. The Morgan fingerprint density at radius 2 is 1.70 bits per heavy atom. The number of hydrogen-bond donors (Lipinski definition) is 2. The average Bonchev–Trinajstić information content (AvgIpc) is 2.81. The van der Waals surface area contributed by atoms with Crippen LogP contribution in [0, 0.1) is 5.92 Å². The molecule has 0 bridgehead atoms. The number of pyridine rings is 2. The van der Waals surface area contributed by atoms with Crippen molar-refractivity contribution in [2.45, 2.75) is 45.2 Å². The SMILES string of the molecule is O=C(Nc1cccc(-c2ccc(CNCc3cccnc3)cc2)n1)C1CCCCC1. The van der Waals surface area contributed by atoms with Crippen molar-refractivity contribution in [3.8, 4) is 11.3 Å². The van der Waals surface area contributed by atoms with Gasteiger partial charge in [0.25, 0.3) is 0 Å². The maximum absolute atomic E-state index is 12.5. The molecule has 5 nitrogen and oxygen atoms in total. The standard InChI is InChI=1S/C25H28N4O/c30-25(22-7-2-1-3-8-22)29-24-10-4-9-23(28-24)21-13-11-19(12-14-21)16-27-18-20-6-5-15-26-17-20/h4-6,9-15,17,22,27H,1-3,7-8,16,18H2,(H,28,29,30). The topological polar surface area (TPSA) is 66.9 Å². The van der Waals surface area contributed by atoms with E-state index in [1.807, 2.05) is 30.5 Å². The van der Waals surface area contributed by atoms with Crippen LogP contribution in [0.15, 0.2) is 67.0 Å². The van der Waals surface area contributed by atoms with E-state index < -0.39 is 0 Å². The number of benzene rings is 1. The highest BCUT2D eigenvalue weighted by atomic mass is 16.1. The summed E-state index contributed by atoms with van der Waals surface area (Å²) < 4.78 is 0. The Morgan fingerprint density at radius 1 is 0.900 bits per heavy atom. The molecule has 2 N–H and O–H groups in total. The fourth-order valence-corrected chi connectivity index (χ4v) is 3.91. The lowest BCUT2D eigenvalue weighted by Crippen LogP contribution is -2.25. The van der Waals surface area contributed by atoms with E-state index in [-0.39, 0.29) is 11.8 Å². The number of carbonyl (C=O) groups is 1. The van der Waals surface area contributed by atoms with Gasteiger partial charge in [-0.15, -0.1) is 0 Å². The first-order chi connectivity index (χ1) is 14.8. The zero-order valence-electron chi connectivity index (χ0n) is 17.2. The molecule has 0 aliphatic heterocycles. The van der Waals surface area contributed by atoms with Gasteiger partial charge in [0.15, 0.2) is 0 Å². The van der Waals surface area contributed by atoms with Gasteiger partial charge < -0.3 is 10.6 Å². The lowest BCUT2D eigenvalue weighted by molar-refractivity contribution is -0.120. The molecule has 0 atom stereocenters. The van der Waals surface area contributed by atoms with E-state index in [1.54, 1.807) is 6.20 Å². The van der Waals surface area contributed by atoms with Crippen LogP contribution in [-0.4, -0.2) is 15.9 Å². The van der Waals surface area contributed by atoms with Crippen molar-refractivity contribution < 1.29 is 4.79 Å². The van der Waals surface area contributed by atoms with E-state index in [4.69, 9.17) is 0 Å². The molecule has 1 aliphatic rings. The number of rotatable bonds is 7. The Balaban J connectivity index is 1.34. The summed E-state index contributed by atoms with van der Waals surface area (Å²) in [4.78, 5) is 21.3. The molecule has 4 rings (SSSR count). The van der Waals surface area contributed by atoms with Crippen molar-refractivity contribution in [3.63, 3.8) is 0 Å². The van der Waals surface area contributed by atoms with Crippen molar-refractivity contribution in [1.82, 2.24) is 15.3 Å². The second-order valence-electron chi connectivity index (χ2n) is 7.89. The van der Waals surface area contributed by atoms with Crippen LogP contribution in [0.2, 0.25) is 0 Å². The minimum Gasteiger partial charge on any atom is -0.310 e. The van der Waals surface area contributed by atoms with Gasteiger partial charge in [0, 0.05) is 37.0 Å². The summed E-state index contributed by atoms with van der Waals surface area (Å²) in [5.41, 5.74) is 4.29. The molecule has 0 spiro atoms. The molecule has 0 saturated heterocycles. The Labute approximate surface area is 178 Å². The van der Waals surface area contributed by atoms with Crippen LogP contribution in [0.4, 0.5) is 5.82 Å². The van der Waals surface area contributed by atoms with Crippen LogP contribution in [0.1, 0.15) is 43.2 Å². The molecule has 1 amide bonds. The quantitative estimate of drug-likeness (QED) is 0.589. The molecule has 0 unspecified atom stereocenters. The second-order valence-corrected chi connectivity index (χ2v) is 7.89. The van der Waals surface area contributed by atoms with Crippen LogP contribution in [0.25, 0.3) is 11.3 Å². The average molecular weight is 401 g/mol. The van der Waals surface area contributed by atoms with E-state index in [9.17, 15) is 4.79 Å². The third-order valence-electron chi connectivity index (χ3n) is 5.61. The molecule has 30 heavy (non-hydrogen) atoms. The number of anilines is 1. The van der Waals surface area contributed by atoms with E-state index >= 15 is 0 Å². The first-order valence-corrected chi connectivity index (χ1v) is 10.7. The molecule has 1 aromatic carbocycles. The van der Waals surface area contributed by atoms with Gasteiger partial charge in [-0.2, -0.15) is 0 Å². The van der Waals surface area contributed by atoms with E-state index in [1.165, 1.54) is 17.5 Å². The first kappa shape index (κ1) is 20.2. The summed E-state index contributed by atoms with van der Waals surface area (Å²) in [6, 6.07) is 18.2. The second kappa shape index (κ2) is 10.1. The minimum absolute atomic E-state index is 0.106. The third kappa shape index (κ3) is 5.51. The van der Waals surface area contributed by atoms with Gasteiger partial charge in [0.1, 0.15) is 5.82 Å². The summed E-state index contributed by atoms with van der Waals surface area (Å²) in [6.45, 7) is 1.58. The highest BCUT2D eigenvalue weighted by Gasteiger charge is 2.21. The van der Waals surface area contributed by atoms with Gasteiger partial charge in [0.2, 0.25) is 5.91 Å². The molecule has 0 radical (unpaired) electrons. The Kier molecular flexibility index (Phi) is 6.83. The maximum Gasteiger partial charge on any atom is 0.228 e. The van der Waals surface area contributed by atoms with Crippen LogP contribution in [-0.2, 0) is 17.9 Å². The van der Waals surface area contributed by atoms with Crippen molar-refractivity contribution >= 4 is 11.7 Å². The fourth-order valence-electron chi connectivity index (χ4n) is 3.91. The predicted octanol–water partition coefficient (Wildman–Crippen LogP) is 4.95. The van der Waals surface area contributed by atoms with E-state index in [0.29, 0.717) is 5.82 Å². The Bertz CT molecular complexity index is 950. The molecular formula is C25H28N4O. The van der Waals surface area contributed by atoms with Crippen LogP contribution in [0.3, 0.4) is 0 Å². The monoisotopic (exact) mass is 400 g/mol. The highest BCUT2D eigenvalue weighted by molar-refractivity contribution is 5.91. The molecule has 2 aromatic heterocycles. The van der Waals surface area contributed by atoms with Gasteiger partial charge in [-0.1, -0.05) is 55.7 Å². The lowest BCUT2D eigenvalue weighted by atomic mass is 9.89. The molecule has 1 fully saturated rings. The van der Waals surface area contributed by atoms with Crippen molar-refractivity contribution in [3.05, 3.63) is 78.1 Å². The van der Waals surface area contributed by atoms with Gasteiger partial charge in [0.05, 0.1) is 5.69 Å².